The molecule has 4 nitrogen and oxygen atoms in total. The van der Waals surface area contributed by atoms with Crippen molar-refractivity contribution in [1.82, 2.24) is 0 Å². The summed E-state index contributed by atoms with van der Waals surface area (Å²) in [5, 5.41) is 2.56. The summed E-state index contributed by atoms with van der Waals surface area (Å²) in [6, 6.07) is 11.4. The van der Waals surface area contributed by atoms with Gasteiger partial charge in [0, 0.05) is 5.69 Å². The Kier molecular flexibility index (Phi) is 5.33. The quantitative estimate of drug-likeness (QED) is 0.808. The van der Waals surface area contributed by atoms with Crippen molar-refractivity contribution in [2.75, 3.05) is 11.2 Å². The molecule has 1 N–H and O–H groups in total. The van der Waals surface area contributed by atoms with E-state index in [0.29, 0.717) is 17.2 Å². The molecule has 0 saturated heterocycles. The highest BCUT2D eigenvalue weighted by atomic mass is 35.5. The van der Waals surface area contributed by atoms with Crippen molar-refractivity contribution >= 4 is 23.2 Å². The van der Waals surface area contributed by atoms with Crippen LogP contribution in [-0.4, -0.2) is 18.1 Å². The maximum Gasteiger partial charge on any atom is 0.573 e. The van der Waals surface area contributed by atoms with Crippen molar-refractivity contribution in [3.63, 3.8) is 0 Å². The monoisotopic (exact) mass is 345 g/mol. The molecule has 0 atom stereocenters. The van der Waals surface area contributed by atoms with Crippen molar-refractivity contribution in [2.24, 2.45) is 0 Å². The van der Waals surface area contributed by atoms with E-state index in [2.05, 4.69) is 10.1 Å². The molecule has 0 spiro atoms. The molecule has 0 heterocycles. The number of ether oxygens (including phenoxy) is 2. The average Bonchev–Trinajstić information content (AvgIpc) is 2.49. The molecule has 0 radical (unpaired) electrons. The molecule has 0 fully saturated rings. The van der Waals surface area contributed by atoms with E-state index >= 15 is 0 Å². The van der Waals surface area contributed by atoms with Crippen molar-refractivity contribution < 1.29 is 27.4 Å². The molecule has 2 aromatic rings. The van der Waals surface area contributed by atoms with Crippen LogP contribution in [0.3, 0.4) is 0 Å². The minimum absolute atomic E-state index is 0.148. The first-order valence-electron chi connectivity index (χ1n) is 6.35. The molecular weight excluding hydrogens is 335 g/mol. The number of anilines is 1. The lowest BCUT2D eigenvalue weighted by Gasteiger charge is -2.10. The van der Waals surface area contributed by atoms with E-state index in [1.807, 2.05) is 0 Å². The predicted molar refractivity (Wildman–Crippen MR) is 79.0 cm³/mol. The second-order valence-electron chi connectivity index (χ2n) is 4.33. The molecule has 0 aliphatic carbocycles. The number of alkyl halides is 4. The number of nitrogens with one attached hydrogen (secondary N) is 1. The van der Waals surface area contributed by atoms with Crippen molar-refractivity contribution in [3.05, 3.63) is 48.5 Å². The highest BCUT2D eigenvalue weighted by Crippen LogP contribution is 2.27. The van der Waals surface area contributed by atoms with E-state index in [4.69, 9.17) is 16.3 Å². The van der Waals surface area contributed by atoms with Crippen molar-refractivity contribution in [1.29, 1.82) is 0 Å². The molecule has 0 aliphatic heterocycles. The molecule has 2 aromatic carbocycles. The molecular formula is C15H11ClF3NO3. The second-order valence-corrected chi connectivity index (χ2v) is 4.59. The highest BCUT2D eigenvalue weighted by molar-refractivity contribution is 6.29. The van der Waals surface area contributed by atoms with Gasteiger partial charge >= 0.3 is 6.36 Å². The maximum atomic E-state index is 12.1. The van der Waals surface area contributed by atoms with Crippen molar-refractivity contribution in [3.8, 4) is 17.2 Å². The summed E-state index contributed by atoms with van der Waals surface area (Å²) < 4.78 is 45.4. The Hall–Kier alpha value is -2.41. The first kappa shape index (κ1) is 17.0. The lowest BCUT2D eigenvalue weighted by molar-refractivity contribution is -0.274. The summed E-state index contributed by atoms with van der Waals surface area (Å²) in [6.07, 6.45) is -4.73. The predicted octanol–water partition coefficient (Wildman–Crippen LogP) is 4.55. The van der Waals surface area contributed by atoms with Crippen LogP contribution in [0.2, 0.25) is 0 Å². The van der Waals surface area contributed by atoms with Crippen LogP contribution in [0.15, 0.2) is 48.5 Å². The Morgan fingerprint density at radius 3 is 1.91 bits per heavy atom. The standard InChI is InChI=1S/C15H11ClF3NO3/c16-9-14(21)20-10-1-3-11(4-2-10)22-12-5-7-13(8-6-12)23-15(17,18)19/h1-8H,9H2,(H,20,21). The van der Waals surface area contributed by atoms with Gasteiger partial charge in [-0.15, -0.1) is 24.8 Å². The minimum atomic E-state index is -4.73. The molecule has 0 aromatic heterocycles. The van der Waals surface area contributed by atoms with Gasteiger partial charge in [-0.1, -0.05) is 0 Å². The molecule has 1 amide bonds. The van der Waals surface area contributed by atoms with E-state index in [9.17, 15) is 18.0 Å². The summed E-state index contributed by atoms with van der Waals surface area (Å²) >= 11 is 5.38. The zero-order valence-electron chi connectivity index (χ0n) is 11.6. The Morgan fingerprint density at radius 1 is 0.957 bits per heavy atom. The Morgan fingerprint density at radius 2 is 1.43 bits per heavy atom. The molecule has 0 bridgehead atoms. The Bertz CT molecular complexity index is 657. The van der Waals surface area contributed by atoms with Crippen LogP contribution >= 0.6 is 11.6 Å². The zero-order valence-corrected chi connectivity index (χ0v) is 12.3. The summed E-state index contributed by atoms with van der Waals surface area (Å²) in [7, 11) is 0. The van der Waals surface area contributed by atoms with E-state index in [0.717, 1.165) is 12.1 Å². The van der Waals surface area contributed by atoms with Gasteiger partial charge in [0.2, 0.25) is 5.91 Å². The van der Waals surface area contributed by atoms with E-state index in [1.54, 1.807) is 24.3 Å². The molecule has 0 saturated carbocycles. The van der Waals surface area contributed by atoms with Crippen LogP contribution in [0.25, 0.3) is 0 Å². The van der Waals surface area contributed by atoms with Gasteiger partial charge in [-0.05, 0) is 48.5 Å². The summed E-state index contributed by atoms with van der Waals surface area (Å²) in [5.41, 5.74) is 0.553. The number of hydrogen-bond donors (Lipinski definition) is 1. The number of amides is 1. The van der Waals surface area contributed by atoms with Gasteiger partial charge in [-0.25, -0.2) is 0 Å². The third-order valence-electron chi connectivity index (χ3n) is 2.55. The molecule has 2 rings (SSSR count). The lowest BCUT2D eigenvalue weighted by atomic mass is 10.3. The first-order chi connectivity index (χ1) is 10.9. The van der Waals surface area contributed by atoms with Crippen LogP contribution in [0.1, 0.15) is 0 Å². The van der Waals surface area contributed by atoms with Gasteiger partial charge in [0.25, 0.3) is 0 Å². The van der Waals surface area contributed by atoms with Gasteiger partial charge < -0.3 is 14.8 Å². The summed E-state index contributed by atoms with van der Waals surface area (Å²) in [6.45, 7) is 0. The zero-order chi connectivity index (χ0) is 16.9. The Labute approximate surface area is 134 Å². The van der Waals surface area contributed by atoms with Crippen LogP contribution in [-0.2, 0) is 4.79 Å². The first-order valence-corrected chi connectivity index (χ1v) is 6.89. The van der Waals surface area contributed by atoms with Gasteiger partial charge in [-0.3, -0.25) is 4.79 Å². The lowest BCUT2D eigenvalue weighted by Crippen LogP contribution is -2.16. The van der Waals surface area contributed by atoms with Crippen LogP contribution in [0.5, 0.6) is 17.2 Å². The fourth-order valence-corrected chi connectivity index (χ4v) is 1.71. The SMILES string of the molecule is O=C(CCl)Nc1ccc(Oc2ccc(OC(F)(F)F)cc2)cc1. The number of benzene rings is 2. The molecule has 8 heteroatoms. The van der Waals surface area contributed by atoms with E-state index in [-0.39, 0.29) is 17.5 Å². The van der Waals surface area contributed by atoms with Gasteiger partial charge in [0.1, 0.15) is 23.1 Å². The Balaban J connectivity index is 1.98. The molecule has 122 valence electrons. The highest BCUT2D eigenvalue weighted by Gasteiger charge is 2.30. The average molecular weight is 346 g/mol. The van der Waals surface area contributed by atoms with Crippen LogP contribution in [0.4, 0.5) is 18.9 Å². The van der Waals surface area contributed by atoms with Gasteiger partial charge in [0.15, 0.2) is 0 Å². The third kappa shape index (κ3) is 5.71. The molecule has 0 aliphatic rings. The smallest absolute Gasteiger partial charge is 0.457 e. The van der Waals surface area contributed by atoms with Crippen LogP contribution in [0, 0.1) is 0 Å². The van der Waals surface area contributed by atoms with Gasteiger partial charge in [-0.2, -0.15) is 0 Å². The second kappa shape index (κ2) is 7.23. The normalized spacial score (nSPS) is 11.0. The fraction of sp³-hybridized carbons (Fsp3) is 0.133. The number of carbonyl (C=O) groups excluding carboxylic acids is 1. The number of carbonyl (C=O) groups is 1. The maximum absolute atomic E-state index is 12.1. The number of hydrogen-bond acceptors (Lipinski definition) is 3. The minimum Gasteiger partial charge on any atom is -0.457 e. The van der Waals surface area contributed by atoms with E-state index < -0.39 is 6.36 Å². The van der Waals surface area contributed by atoms with Crippen LogP contribution < -0.4 is 14.8 Å². The largest absolute Gasteiger partial charge is 0.573 e. The number of rotatable bonds is 5. The summed E-state index contributed by atoms with van der Waals surface area (Å²) in [5.74, 6) is -0.00933. The van der Waals surface area contributed by atoms with Crippen molar-refractivity contribution in [2.45, 2.75) is 6.36 Å². The number of halogens is 4. The molecule has 0 unspecified atom stereocenters. The fourth-order valence-electron chi connectivity index (χ4n) is 1.65. The van der Waals surface area contributed by atoms with E-state index in [1.165, 1.54) is 12.1 Å². The topological polar surface area (TPSA) is 47.6 Å². The summed E-state index contributed by atoms with van der Waals surface area (Å²) in [4.78, 5) is 11.1. The third-order valence-corrected chi connectivity index (χ3v) is 2.80. The molecule has 23 heavy (non-hydrogen) atoms. The van der Waals surface area contributed by atoms with Gasteiger partial charge in [0.05, 0.1) is 0 Å².